The topological polar surface area (TPSA) is 103 Å². The molecule has 1 atom stereocenters. The van der Waals surface area contributed by atoms with Crippen LogP contribution >= 0.6 is 0 Å². The summed E-state index contributed by atoms with van der Waals surface area (Å²) in [6.45, 7) is 5.96. The predicted molar refractivity (Wildman–Crippen MR) is 174 cm³/mol. The van der Waals surface area contributed by atoms with Crippen LogP contribution in [0.3, 0.4) is 0 Å². The zero-order valence-electron chi connectivity index (χ0n) is 25.5. The van der Waals surface area contributed by atoms with Crippen molar-refractivity contribution in [2.24, 2.45) is 5.92 Å². The Balaban J connectivity index is 1.22. The minimum absolute atomic E-state index is 0.170. The average molecular weight is 600 g/mol. The van der Waals surface area contributed by atoms with Crippen molar-refractivity contribution in [1.29, 1.82) is 0 Å². The molecule has 4 rings (SSSR count). The molecule has 3 aromatic rings. The van der Waals surface area contributed by atoms with E-state index in [9.17, 15) is 14.7 Å². The zero-order valence-corrected chi connectivity index (χ0v) is 25.5. The van der Waals surface area contributed by atoms with Gasteiger partial charge in [0.1, 0.15) is 11.6 Å². The van der Waals surface area contributed by atoms with E-state index in [2.05, 4.69) is 39.1 Å². The number of carboxylic acids is 2. The summed E-state index contributed by atoms with van der Waals surface area (Å²) in [4.78, 5) is 31.6. The number of carboxylic acid groups (broad SMARTS) is 2. The first-order valence-electron chi connectivity index (χ1n) is 15.8. The van der Waals surface area contributed by atoms with Gasteiger partial charge in [-0.3, -0.25) is 9.69 Å². The van der Waals surface area contributed by atoms with E-state index in [1.165, 1.54) is 0 Å². The van der Waals surface area contributed by atoms with Crippen molar-refractivity contribution in [3.63, 3.8) is 0 Å². The molecule has 8 nitrogen and oxygen atoms in total. The molecule has 1 fully saturated rings. The molecule has 234 valence electrons. The van der Waals surface area contributed by atoms with E-state index >= 15 is 0 Å². The average Bonchev–Trinajstić information content (AvgIpc) is 3.04. The van der Waals surface area contributed by atoms with Crippen LogP contribution in [0.4, 0.5) is 5.82 Å². The minimum atomic E-state index is -0.936. The van der Waals surface area contributed by atoms with Gasteiger partial charge in [0.15, 0.2) is 0 Å². The normalized spacial score (nSPS) is 14.5. The summed E-state index contributed by atoms with van der Waals surface area (Å²) in [6, 6.07) is 21.1. The van der Waals surface area contributed by atoms with Crippen LogP contribution in [0.2, 0.25) is 0 Å². The van der Waals surface area contributed by atoms with E-state index in [0.717, 1.165) is 93.9 Å². The van der Waals surface area contributed by atoms with Crippen molar-refractivity contribution >= 4 is 23.8 Å². The maximum absolute atomic E-state index is 11.2. The number of carbonyl (C=O) groups is 2. The Morgan fingerprint density at radius 2 is 1.64 bits per heavy atom. The summed E-state index contributed by atoms with van der Waals surface area (Å²) in [5.41, 5.74) is 2.35. The van der Waals surface area contributed by atoms with E-state index < -0.39 is 11.9 Å². The highest BCUT2D eigenvalue weighted by Crippen LogP contribution is 2.24. The molecular formula is C36H45N3O5. The molecule has 1 aliphatic rings. The molecule has 44 heavy (non-hydrogen) atoms. The number of pyridine rings is 1. The van der Waals surface area contributed by atoms with Crippen molar-refractivity contribution in [2.45, 2.75) is 51.4 Å². The number of aromatic carboxylic acids is 1. The van der Waals surface area contributed by atoms with Gasteiger partial charge in [-0.25, -0.2) is 9.78 Å². The van der Waals surface area contributed by atoms with Crippen molar-refractivity contribution in [2.75, 3.05) is 44.2 Å². The lowest BCUT2D eigenvalue weighted by Crippen LogP contribution is -2.46. The first kappa shape index (κ1) is 32.7. The summed E-state index contributed by atoms with van der Waals surface area (Å²) in [5, 5.41) is 18.2. The zero-order chi connectivity index (χ0) is 31.0. The number of rotatable bonds is 18. The Kier molecular flexibility index (Phi) is 13.3. The number of benzene rings is 2. The quantitative estimate of drug-likeness (QED) is 0.156. The molecular weight excluding hydrogens is 554 g/mol. The van der Waals surface area contributed by atoms with Gasteiger partial charge in [-0.2, -0.15) is 0 Å². The molecule has 2 aromatic carbocycles. The third-order valence-corrected chi connectivity index (χ3v) is 8.10. The van der Waals surface area contributed by atoms with Gasteiger partial charge in [-0.15, -0.1) is 0 Å². The summed E-state index contributed by atoms with van der Waals surface area (Å²) in [7, 11) is 0. The van der Waals surface area contributed by atoms with Crippen LogP contribution in [0, 0.1) is 5.92 Å². The monoisotopic (exact) mass is 599 g/mol. The van der Waals surface area contributed by atoms with Crippen LogP contribution in [0.5, 0.6) is 5.75 Å². The largest absolute Gasteiger partial charge is 0.493 e. The Morgan fingerprint density at radius 3 is 2.36 bits per heavy atom. The summed E-state index contributed by atoms with van der Waals surface area (Å²) in [6.07, 6.45) is 12.7. The Labute approximate surface area is 261 Å². The molecule has 0 saturated carbocycles. The fraction of sp³-hybridized carbons (Fsp3) is 0.417. The maximum Gasteiger partial charge on any atom is 0.335 e. The predicted octanol–water partition coefficient (Wildman–Crippen LogP) is 6.67. The second-order valence-corrected chi connectivity index (χ2v) is 11.4. The number of hydrogen-bond donors (Lipinski definition) is 2. The van der Waals surface area contributed by atoms with Crippen LogP contribution < -0.4 is 9.64 Å². The van der Waals surface area contributed by atoms with Gasteiger partial charge in [-0.1, -0.05) is 55.0 Å². The van der Waals surface area contributed by atoms with E-state index in [4.69, 9.17) is 9.84 Å². The number of nitrogens with zero attached hydrogens (tertiary/aromatic N) is 3. The molecule has 1 unspecified atom stereocenters. The molecule has 1 saturated heterocycles. The third-order valence-electron chi connectivity index (χ3n) is 8.10. The molecule has 1 aromatic heterocycles. The molecule has 0 spiro atoms. The van der Waals surface area contributed by atoms with Crippen LogP contribution in [0.1, 0.15) is 66.4 Å². The lowest BCUT2D eigenvalue weighted by atomic mass is 9.92. The molecule has 0 bridgehead atoms. The number of anilines is 1. The lowest BCUT2D eigenvalue weighted by Gasteiger charge is -2.35. The fourth-order valence-electron chi connectivity index (χ4n) is 5.56. The van der Waals surface area contributed by atoms with Crippen molar-refractivity contribution in [3.05, 3.63) is 95.7 Å². The molecule has 1 aliphatic heterocycles. The lowest BCUT2D eigenvalue weighted by molar-refractivity contribution is -0.137. The van der Waals surface area contributed by atoms with Crippen LogP contribution in [0.15, 0.2) is 79.0 Å². The maximum atomic E-state index is 11.2. The summed E-state index contributed by atoms with van der Waals surface area (Å²) >= 11 is 0. The number of unbranched alkanes of at least 4 members (excludes halogenated alkanes) is 3. The molecule has 2 heterocycles. The van der Waals surface area contributed by atoms with Crippen LogP contribution in [-0.2, 0) is 11.2 Å². The Hall–Kier alpha value is -4.17. The SMILES string of the molecule is O=C(O)CCCCC(C=Cc1ccccc1OCCCCCN1CCN(c2ccccn2)CC1)Cc1ccc(C(=O)O)cc1. The van der Waals surface area contributed by atoms with Gasteiger partial charge in [0, 0.05) is 44.4 Å². The molecule has 0 amide bonds. The highest BCUT2D eigenvalue weighted by molar-refractivity contribution is 5.87. The van der Waals surface area contributed by atoms with Crippen molar-refractivity contribution in [1.82, 2.24) is 9.88 Å². The van der Waals surface area contributed by atoms with Gasteiger partial charge in [0.25, 0.3) is 0 Å². The van der Waals surface area contributed by atoms with E-state index in [0.29, 0.717) is 13.0 Å². The smallest absolute Gasteiger partial charge is 0.335 e. The Morgan fingerprint density at radius 1 is 0.864 bits per heavy atom. The van der Waals surface area contributed by atoms with Crippen LogP contribution in [0.25, 0.3) is 6.08 Å². The number of aromatic nitrogens is 1. The van der Waals surface area contributed by atoms with Crippen molar-refractivity contribution in [3.8, 4) is 5.75 Å². The van der Waals surface area contributed by atoms with E-state index in [1.54, 1.807) is 12.1 Å². The van der Waals surface area contributed by atoms with Crippen molar-refractivity contribution < 1.29 is 24.5 Å². The highest BCUT2D eigenvalue weighted by atomic mass is 16.5. The molecule has 8 heteroatoms. The molecule has 2 N–H and O–H groups in total. The van der Waals surface area contributed by atoms with E-state index in [1.807, 2.05) is 48.7 Å². The Bertz CT molecular complexity index is 1320. The van der Waals surface area contributed by atoms with Gasteiger partial charge in [0.05, 0.1) is 12.2 Å². The first-order chi connectivity index (χ1) is 21.5. The van der Waals surface area contributed by atoms with Gasteiger partial charge in [-0.05, 0) is 86.9 Å². The van der Waals surface area contributed by atoms with Gasteiger partial charge < -0.3 is 19.8 Å². The standard InChI is InChI=1S/C36H45N3O5/c40-35(41)14-5-2-10-29(28-30-16-19-32(20-17-30)36(42)43)15-18-31-11-3-4-12-33(31)44-27-9-1-8-22-38-23-25-39(26-24-38)34-13-6-7-21-37-34/h3-4,6-7,11-13,15-21,29H,1-2,5,8-10,14,22-28H2,(H,40,41)(H,42,43). The number of piperazine rings is 1. The fourth-order valence-corrected chi connectivity index (χ4v) is 5.56. The molecule has 0 radical (unpaired) electrons. The third kappa shape index (κ3) is 11.2. The summed E-state index contributed by atoms with van der Waals surface area (Å²) in [5.74, 6) is 0.418. The number of aliphatic carboxylic acids is 1. The number of hydrogen-bond acceptors (Lipinski definition) is 6. The highest BCUT2D eigenvalue weighted by Gasteiger charge is 2.17. The second-order valence-electron chi connectivity index (χ2n) is 11.4. The van der Waals surface area contributed by atoms with Gasteiger partial charge in [0.2, 0.25) is 0 Å². The number of allylic oxidation sites excluding steroid dienone is 1. The van der Waals surface area contributed by atoms with Gasteiger partial charge >= 0.3 is 11.9 Å². The molecule has 0 aliphatic carbocycles. The number of ether oxygens (including phenoxy) is 1. The number of para-hydroxylation sites is 1. The van der Waals surface area contributed by atoms with Crippen LogP contribution in [-0.4, -0.2) is 71.4 Å². The second kappa shape index (κ2) is 17.8. The summed E-state index contributed by atoms with van der Waals surface area (Å²) < 4.78 is 6.20. The first-order valence-corrected chi connectivity index (χ1v) is 15.8. The van der Waals surface area contributed by atoms with E-state index in [-0.39, 0.29) is 17.9 Å². The minimum Gasteiger partial charge on any atom is -0.493 e.